The van der Waals surface area contributed by atoms with Crippen molar-refractivity contribution in [3.8, 4) is 0 Å². The third kappa shape index (κ3) is 3.04. The summed E-state index contributed by atoms with van der Waals surface area (Å²) in [5.74, 6) is 0. The normalized spacial score (nSPS) is 13.9. The predicted octanol–water partition coefficient (Wildman–Crippen LogP) is 2.94. The number of halogens is 1. The second-order valence-corrected chi connectivity index (χ2v) is 4.99. The highest BCUT2D eigenvalue weighted by Crippen LogP contribution is 2.28. The number of carbonyl (C=O) groups excluding carboxylic acids is 1. The van der Waals surface area contributed by atoms with E-state index in [-0.39, 0.29) is 0 Å². The fraction of sp³-hybridized carbons (Fsp3) is 0.417. The first kappa shape index (κ1) is 13.2. The smallest absolute Gasteiger partial charge is 0.245 e. The summed E-state index contributed by atoms with van der Waals surface area (Å²) in [7, 11) is 0. The van der Waals surface area contributed by atoms with Crippen LogP contribution in [0.1, 0.15) is 32.4 Å². The number of hydrogen-bond donors (Lipinski definition) is 0. The third-order valence-corrected chi connectivity index (χ3v) is 2.43. The monoisotopic (exact) mass is 240 g/mol. The Bertz CT molecular complexity index is 359. The molecule has 0 amide bonds. The Morgan fingerprint density at radius 1 is 1.25 bits per heavy atom. The first-order chi connectivity index (χ1) is 7.34. The molecule has 0 aliphatic heterocycles. The summed E-state index contributed by atoms with van der Waals surface area (Å²) in [4.78, 5) is 11.4. The highest BCUT2D eigenvalue weighted by molar-refractivity contribution is 6.64. The van der Waals surface area contributed by atoms with E-state index in [1.54, 1.807) is 45.0 Å². The van der Waals surface area contributed by atoms with E-state index in [0.717, 1.165) is 5.06 Å². The molecule has 1 aromatic rings. The van der Waals surface area contributed by atoms with Crippen molar-refractivity contribution in [2.24, 2.45) is 0 Å². The first-order valence-corrected chi connectivity index (χ1v) is 5.42. The summed E-state index contributed by atoms with van der Waals surface area (Å²) in [5, 5.41) is 12.1. The van der Waals surface area contributed by atoms with Crippen molar-refractivity contribution in [3.63, 3.8) is 0 Å². The number of carbonyl (C=O) groups is 1. The molecule has 0 spiro atoms. The summed E-state index contributed by atoms with van der Waals surface area (Å²) >= 11 is 5.50. The highest BCUT2D eigenvalue weighted by Gasteiger charge is 2.34. The van der Waals surface area contributed by atoms with Gasteiger partial charge in [0.05, 0.1) is 0 Å². The number of rotatable bonds is 3. The molecule has 4 heteroatoms. The van der Waals surface area contributed by atoms with Crippen LogP contribution in [0, 0.1) is 0 Å². The van der Waals surface area contributed by atoms with Gasteiger partial charge in [-0.3, -0.25) is 4.79 Å². The molecule has 1 radical (unpaired) electrons. The second-order valence-electron chi connectivity index (χ2n) is 4.61. The van der Waals surface area contributed by atoms with E-state index in [4.69, 9.17) is 11.6 Å². The van der Waals surface area contributed by atoms with E-state index in [1.165, 1.54) is 0 Å². The maximum atomic E-state index is 12.0. The molecule has 0 saturated heterocycles. The zero-order valence-corrected chi connectivity index (χ0v) is 10.4. The summed E-state index contributed by atoms with van der Waals surface area (Å²) in [6.07, 6.45) is 0. The van der Waals surface area contributed by atoms with E-state index in [1.807, 2.05) is 6.07 Å². The minimum atomic E-state index is -0.942. The summed E-state index contributed by atoms with van der Waals surface area (Å²) in [6, 6.07) is 7.88. The molecule has 1 rings (SSSR count). The van der Waals surface area contributed by atoms with Gasteiger partial charge in [0.25, 0.3) is 0 Å². The summed E-state index contributed by atoms with van der Waals surface area (Å²) in [6.45, 7) is 5.24. The largest absolute Gasteiger partial charge is 0.279 e. The van der Waals surface area contributed by atoms with E-state index in [9.17, 15) is 10.0 Å². The first-order valence-electron chi connectivity index (χ1n) is 5.05. The van der Waals surface area contributed by atoms with Gasteiger partial charge in [0, 0.05) is 5.54 Å². The van der Waals surface area contributed by atoms with Gasteiger partial charge < -0.3 is 0 Å². The number of hydroxylamine groups is 2. The molecule has 0 N–H and O–H groups in total. The van der Waals surface area contributed by atoms with Crippen LogP contribution in [0.15, 0.2) is 30.3 Å². The lowest BCUT2D eigenvalue weighted by Crippen LogP contribution is -2.42. The van der Waals surface area contributed by atoms with Crippen LogP contribution >= 0.6 is 11.6 Å². The van der Waals surface area contributed by atoms with E-state index < -0.39 is 16.8 Å². The Balaban J connectivity index is 3.07. The van der Waals surface area contributed by atoms with Crippen molar-refractivity contribution < 1.29 is 10.0 Å². The van der Waals surface area contributed by atoms with Crippen molar-refractivity contribution >= 4 is 16.8 Å². The van der Waals surface area contributed by atoms with Crippen LogP contribution in [-0.2, 0) is 10.0 Å². The average molecular weight is 241 g/mol. The van der Waals surface area contributed by atoms with Crippen LogP contribution < -0.4 is 0 Å². The van der Waals surface area contributed by atoms with Gasteiger partial charge in [-0.05, 0) is 37.9 Å². The Hall–Kier alpha value is -0.900. The Morgan fingerprint density at radius 3 is 2.12 bits per heavy atom. The lowest BCUT2D eigenvalue weighted by molar-refractivity contribution is -0.236. The number of nitrogens with zero attached hydrogens (tertiary/aromatic N) is 1. The molecule has 0 aromatic heterocycles. The third-order valence-electron chi connectivity index (χ3n) is 2.23. The van der Waals surface area contributed by atoms with Gasteiger partial charge in [-0.15, -0.1) is 10.3 Å². The van der Waals surface area contributed by atoms with E-state index >= 15 is 0 Å². The molecule has 3 nitrogen and oxygen atoms in total. The zero-order valence-electron chi connectivity index (χ0n) is 9.61. The van der Waals surface area contributed by atoms with Crippen LogP contribution in [0.4, 0.5) is 0 Å². The molecule has 0 bridgehead atoms. The van der Waals surface area contributed by atoms with Gasteiger partial charge in [0.2, 0.25) is 5.24 Å². The van der Waals surface area contributed by atoms with Crippen LogP contribution in [-0.4, -0.2) is 15.8 Å². The topological polar surface area (TPSA) is 40.2 Å². The lowest BCUT2D eigenvalue weighted by Gasteiger charge is -2.32. The molecule has 1 atom stereocenters. The van der Waals surface area contributed by atoms with Crippen LogP contribution in [0.5, 0.6) is 0 Å². The lowest BCUT2D eigenvalue weighted by atomic mass is 10.0. The molecule has 0 saturated carbocycles. The van der Waals surface area contributed by atoms with Gasteiger partial charge >= 0.3 is 0 Å². The summed E-state index contributed by atoms with van der Waals surface area (Å²) < 4.78 is 0. The maximum absolute atomic E-state index is 12.0. The zero-order chi connectivity index (χ0) is 12.3. The van der Waals surface area contributed by atoms with Gasteiger partial charge in [0.15, 0.2) is 0 Å². The van der Waals surface area contributed by atoms with Crippen molar-refractivity contribution in [1.29, 1.82) is 0 Å². The predicted molar refractivity (Wildman–Crippen MR) is 62.3 cm³/mol. The SMILES string of the molecule is CC(C)(C)N([O])C(C(=O)Cl)c1ccccc1. The molecular weight excluding hydrogens is 226 g/mol. The van der Waals surface area contributed by atoms with Crippen molar-refractivity contribution in [2.75, 3.05) is 0 Å². The minimum Gasteiger partial charge on any atom is -0.279 e. The van der Waals surface area contributed by atoms with Crippen molar-refractivity contribution in [1.82, 2.24) is 5.06 Å². The summed E-state index contributed by atoms with van der Waals surface area (Å²) in [5.41, 5.74) is -0.0437. The highest BCUT2D eigenvalue weighted by atomic mass is 35.5. The van der Waals surface area contributed by atoms with Crippen LogP contribution in [0.3, 0.4) is 0 Å². The standard InChI is InChI=1S/C12H15ClNO2/c1-12(2,3)14(16)10(11(13)15)9-7-5-4-6-8-9/h4-8,10H,1-3H3. The average Bonchev–Trinajstić information content (AvgIpc) is 2.17. The van der Waals surface area contributed by atoms with E-state index in [2.05, 4.69) is 0 Å². The van der Waals surface area contributed by atoms with E-state index in [0.29, 0.717) is 5.56 Å². The molecule has 0 heterocycles. The maximum Gasteiger partial charge on any atom is 0.245 e. The molecule has 0 aliphatic rings. The van der Waals surface area contributed by atoms with Gasteiger partial charge in [-0.1, -0.05) is 30.3 Å². The number of hydrogen-bond acceptors (Lipinski definition) is 2. The Kier molecular flexibility index (Phi) is 4.08. The fourth-order valence-corrected chi connectivity index (χ4v) is 1.60. The minimum absolute atomic E-state index is 0.618. The van der Waals surface area contributed by atoms with Gasteiger partial charge in [-0.2, -0.15) is 0 Å². The van der Waals surface area contributed by atoms with Gasteiger partial charge in [-0.25, -0.2) is 0 Å². The van der Waals surface area contributed by atoms with Crippen LogP contribution in [0.25, 0.3) is 0 Å². The molecule has 1 aromatic carbocycles. The quantitative estimate of drug-likeness (QED) is 0.602. The molecular formula is C12H15ClNO2. The molecule has 87 valence electrons. The molecule has 16 heavy (non-hydrogen) atoms. The van der Waals surface area contributed by atoms with Crippen molar-refractivity contribution in [3.05, 3.63) is 35.9 Å². The Labute approximate surface area is 101 Å². The molecule has 0 fully saturated rings. The van der Waals surface area contributed by atoms with Crippen molar-refractivity contribution in [2.45, 2.75) is 32.4 Å². The Morgan fingerprint density at radius 2 is 1.75 bits per heavy atom. The fourth-order valence-electron chi connectivity index (χ4n) is 1.38. The number of benzene rings is 1. The second kappa shape index (κ2) is 4.95. The van der Waals surface area contributed by atoms with Crippen LogP contribution in [0.2, 0.25) is 0 Å². The molecule has 0 aliphatic carbocycles. The molecule has 1 unspecified atom stereocenters. The van der Waals surface area contributed by atoms with Gasteiger partial charge in [0.1, 0.15) is 6.04 Å².